The number of unbranched alkanes of at least 4 members (excludes halogenated alkanes) is 34. The summed E-state index contributed by atoms with van der Waals surface area (Å²) in [5.74, 6) is -0.188. The summed E-state index contributed by atoms with van der Waals surface area (Å²) < 4.78 is 11.2. The van der Waals surface area contributed by atoms with Crippen LogP contribution < -0.4 is 5.32 Å². The average molecular weight is 975 g/mol. The highest BCUT2D eigenvalue weighted by molar-refractivity contribution is 5.76. The van der Waals surface area contributed by atoms with Gasteiger partial charge in [-0.05, 0) is 57.8 Å². The first-order valence-electron chi connectivity index (χ1n) is 29.4. The molecule has 1 aliphatic rings. The van der Waals surface area contributed by atoms with E-state index >= 15 is 0 Å². The van der Waals surface area contributed by atoms with Gasteiger partial charge in [0.15, 0.2) is 6.29 Å². The minimum atomic E-state index is -1.57. The fourth-order valence-electron chi connectivity index (χ4n) is 9.21. The highest BCUT2D eigenvalue weighted by Gasteiger charge is 2.44. The highest BCUT2D eigenvalue weighted by Crippen LogP contribution is 2.23. The Kier molecular flexibility index (Phi) is 47.0. The molecule has 1 aliphatic heterocycles. The lowest BCUT2D eigenvalue weighted by Gasteiger charge is -2.40. The Hall–Kier alpha value is -1.85. The molecule has 1 heterocycles. The fourth-order valence-corrected chi connectivity index (χ4v) is 9.21. The molecule has 1 amide bonds. The Morgan fingerprint density at radius 1 is 0.493 bits per heavy atom. The first-order valence-corrected chi connectivity index (χ1v) is 29.4. The molecule has 9 nitrogen and oxygen atoms in total. The molecule has 69 heavy (non-hydrogen) atoms. The van der Waals surface area contributed by atoms with E-state index in [1.807, 2.05) is 6.08 Å². The first kappa shape index (κ1) is 65.2. The van der Waals surface area contributed by atoms with Gasteiger partial charge in [-0.25, -0.2) is 0 Å². The molecule has 0 aliphatic carbocycles. The second-order valence-corrected chi connectivity index (χ2v) is 20.4. The van der Waals surface area contributed by atoms with Crippen LogP contribution in [0, 0.1) is 0 Å². The Balaban J connectivity index is 1.96. The van der Waals surface area contributed by atoms with Crippen molar-refractivity contribution in [1.82, 2.24) is 5.32 Å². The summed E-state index contributed by atoms with van der Waals surface area (Å²) in [6.45, 7) is 3.64. The number of ether oxygens (including phenoxy) is 2. The molecule has 7 unspecified atom stereocenters. The minimum absolute atomic E-state index is 0.188. The van der Waals surface area contributed by atoms with Gasteiger partial charge in [-0.15, -0.1) is 0 Å². The molecule has 1 saturated heterocycles. The van der Waals surface area contributed by atoms with Gasteiger partial charge in [0, 0.05) is 6.42 Å². The summed E-state index contributed by atoms with van der Waals surface area (Å²) in [4.78, 5) is 12.9. The lowest BCUT2D eigenvalue weighted by atomic mass is 9.99. The summed E-state index contributed by atoms with van der Waals surface area (Å²) in [6, 6.07) is -0.817. The van der Waals surface area contributed by atoms with Gasteiger partial charge < -0.3 is 40.3 Å². The lowest BCUT2D eigenvalue weighted by Crippen LogP contribution is -2.60. The van der Waals surface area contributed by atoms with Crippen molar-refractivity contribution in [3.63, 3.8) is 0 Å². The van der Waals surface area contributed by atoms with Gasteiger partial charge in [0.25, 0.3) is 0 Å². The fraction of sp³-hybridized carbons (Fsp3) is 0.850. The number of carbonyl (C=O) groups excluding carboxylic acids is 1. The smallest absolute Gasteiger partial charge is 0.220 e. The Morgan fingerprint density at radius 3 is 1.35 bits per heavy atom. The number of hydrogen-bond donors (Lipinski definition) is 6. The van der Waals surface area contributed by atoms with Gasteiger partial charge in [-0.3, -0.25) is 4.79 Å². The van der Waals surface area contributed by atoms with Crippen LogP contribution in [0.5, 0.6) is 0 Å². The number of allylic oxidation sites excluding steroid dienone is 7. The monoisotopic (exact) mass is 974 g/mol. The van der Waals surface area contributed by atoms with Gasteiger partial charge in [0.05, 0.1) is 25.4 Å². The zero-order valence-electron chi connectivity index (χ0n) is 44.8. The molecule has 0 aromatic heterocycles. The van der Waals surface area contributed by atoms with E-state index in [-0.39, 0.29) is 12.5 Å². The predicted octanol–water partition coefficient (Wildman–Crippen LogP) is 14.5. The summed E-state index contributed by atoms with van der Waals surface area (Å²) >= 11 is 0. The van der Waals surface area contributed by atoms with Crippen molar-refractivity contribution in [1.29, 1.82) is 0 Å². The van der Waals surface area contributed by atoms with Crippen molar-refractivity contribution in [2.24, 2.45) is 0 Å². The van der Waals surface area contributed by atoms with E-state index in [1.165, 1.54) is 199 Å². The van der Waals surface area contributed by atoms with Crippen LogP contribution in [0.1, 0.15) is 271 Å². The van der Waals surface area contributed by atoms with Crippen LogP contribution in [-0.2, 0) is 14.3 Å². The van der Waals surface area contributed by atoms with Crippen LogP contribution in [-0.4, -0.2) is 87.5 Å². The van der Waals surface area contributed by atoms with Crippen molar-refractivity contribution in [2.45, 2.75) is 314 Å². The Labute approximate surface area is 424 Å². The largest absolute Gasteiger partial charge is 0.394 e. The van der Waals surface area contributed by atoms with Crippen LogP contribution in [0.15, 0.2) is 48.6 Å². The SMILES string of the molecule is CCC/C=C/CC/C=C/C(O)C(COC1OC(CO)C(O)C(O)C1O)NC(=O)CCCCCCCCCCCCCCCCCCCCCCCCCCCCC/C=C\C/C=C\CCCCCCC. The van der Waals surface area contributed by atoms with Gasteiger partial charge in [0.2, 0.25) is 5.91 Å². The van der Waals surface area contributed by atoms with E-state index in [2.05, 4.69) is 55.6 Å². The van der Waals surface area contributed by atoms with Crippen molar-refractivity contribution >= 4 is 5.91 Å². The molecule has 0 saturated carbocycles. The van der Waals surface area contributed by atoms with Crippen LogP contribution >= 0.6 is 0 Å². The first-order chi connectivity index (χ1) is 33.8. The topological polar surface area (TPSA) is 149 Å². The number of rotatable bonds is 50. The number of amides is 1. The van der Waals surface area contributed by atoms with Crippen molar-refractivity contribution in [3.05, 3.63) is 48.6 Å². The normalized spacial score (nSPS) is 19.8. The van der Waals surface area contributed by atoms with E-state index in [1.54, 1.807) is 6.08 Å². The molecule has 0 radical (unpaired) electrons. The Morgan fingerprint density at radius 2 is 0.899 bits per heavy atom. The van der Waals surface area contributed by atoms with Crippen molar-refractivity contribution < 1.29 is 39.8 Å². The number of nitrogens with one attached hydrogen (secondary N) is 1. The molecule has 1 rings (SSSR count). The van der Waals surface area contributed by atoms with E-state index < -0.39 is 49.5 Å². The molecule has 0 aromatic rings. The highest BCUT2D eigenvalue weighted by atomic mass is 16.7. The zero-order chi connectivity index (χ0) is 50.1. The maximum absolute atomic E-state index is 12.9. The summed E-state index contributed by atoms with van der Waals surface area (Å²) in [5.41, 5.74) is 0. The van der Waals surface area contributed by atoms with Crippen LogP contribution in [0.2, 0.25) is 0 Å². The standard InChI is InChI=1S/C60H111NO8/c1-3-5-7-9-11-12-13-14-15-16-17-18-19-20-21-22-23-24-25-26-27-28-29-30-31-32-33-34-35-36-37-38-39-40-41-42-44-46-48-50-56(64)61-53(54(63)49-47-45-43-10-8-6-4-2)52-68-60-59(67)58(66)57(65)55(51-62)69-60/h8,10,13-14,16-17,47,49,53-55,57-60,62-63,65-67H,3-7,9,11-12,15,18-46,48,50-52H2,1-2H3,(H,61,64)/b10-8+,14-13-,17-16-,49-47+. The van der Waals surface area contributed by atoms with Crippen molar-refractivity contribution in [2.75, 3.05) is 13.2 Å². The van der Waals surface area contributed by atoms with E-state index in [4.69, 9.17) is 9.47 Å². The second kappa shape index (κ2) is 49.7. The van der Waals surface area contributed by atoms with Gasteiger partial charge >= 0.3 is 0 Å². The van der Waals surface area contributed by atoms with Gasteiger partial charge in [0.1, 0.15) is 24.4 Å². The molecule has 1 fully saturated rings. The predicted molar refractivity (Wildman–Crippen MR) is 290 cm³/mol. The quantitative estimate of drug-likeness (QED) is 0.0261. The summed E-state index contributed by atoms with van der Waals surface area (Å²) in [7, 11) is 0. The second-order valence-electron chi connectivity index (χ2n) is 20.4. The average Bonchev–Trinajstić information content (AvgIpc) is 3.35. The third-order valence-electron chi connectivity index (χ3n) is 13.9. The summed E-state index contributed by atoms with van der Waals surface area (Å²) in [6.07, 6.45) is 59.8. The number of hydrogen-bond acceptors (Lipinski definition) is 8. The maximum Gasteiger partial charge on any atom is 0.220 e. The summed E-state index contributed by atoms with van der Waals surface area (Å²) in [5, 5.41) is 54.0. The molecular formula is C60H111NO8. The van der Waals surface area contributed by atoms with Crippen molar-refractivity contribution in [3.8, 4) is 0 Å². The van der Waals surface area contributed by atoms with Gasteiger partial charge in [-0.2, -0.15) is 0 Å². The molecule has 7 atom stereocenters. The van der Waals surface area contributed by atoms with Crippen LogP contribution in [0.3, 0.4) is 0 Å². The third-order valence-corrected chi connectivity index (χ3v) is 13.9. The molecule has 0 aromatic carbocycles. The van der Waals surface area contributed by atoms with Crippen LogP contribution in [0.4, 0.5) is 0 Å². The Bertz CT molecular complexity index is 1220. The van der Waals surface area contributed by atoms with Gasteiger partial charge in [-0.1, -0.05) is 255 Å². The molecule has 9 heteroatoms. The molecule has 404 valence electrons. The van der Waals surface area contributed by atoms with E-state index in [0.717, 1.165) is 51.4 Å². The number of aliphatic hydroxyl groups excluding tert-OH is 5. The number of aliphatic hydroxyl groups is 5. The minimum Gasteiger partial charge on any atom is -0.394 e. The third kappa shape index (κ3) is 39.4. The zero-order valence-corrected chi connectivity index (χ0v) is 44.8. The van der Waals surface area contributed by atoms with E-state index in [0.29, 0.717) is 6.42 Å². The molecular weight excluding hydrogens is 863 g/mol. The van der Waals surface area contributed by atoms with Crippen LogP contribution in [0.25, 0.3) is 0 Å². The lowest BCUT2D eigenvalue weighted by molar-refractivity contribution is -0.302. The van der Waals surface area contributed by atoms with E-state index in [9.17, 15) is 30.3 Å². The molecule has 0 bridgehead atoms. The molecule has 6 N–H and O–H groups in total. The molecule has 0 spiro atoms. The maximum atomic E-state index is 12.9. The number of carbonyl (C=O) groups is 1.